The van der Waals surface area contributed by atoms with Crippen LogP contribution in [-0.2, 0) is 11.2 Å². The number of amides is 1. The lowest BCUT2D eigenvalue weighted by molar-refractivity contribution is -0.121. The van der Waals surface area contributed by atoms with Gasteiger partial charge in [-0.05, 0) is 23.8 Å². The first-order chi connectivity index (χ1) is 10.3. The zero-order valence-electron chi connectivity index (χ0n) is 11.7. The van der Waals surface area contributed by atoms with Crippen LogP contribution in [0.5, 0.6) is 0 Å². The molecule has 108 valence electrons. The Morgan fingerprint density at radius 2 is 1.90 bits per heavy atom. The minimum absolute atomic E-state index is 0.0832. The summed E-state index contributed by atoms with van der Waals surface area (Å²) in [7, 11) is 0. The molecule has 1 amide bonds. The van der Waals surface area contributed by atoms with Crippen molar-refractivity contribution in [3.8, 4) is 0 Å². The third kappa shape index (κ3) is 3.58. The second kappa shape index (κ2) is 6.68. The van der Waals surface area contributed by atoms with Gasteiger partial charge in [-0.15, -0.1) is 11.8 Å². The Labute approximate surface area is 129 Å². The molecule has 1 aliphatic heterocycles. The molecule has 0 aliphatic carbocycles. The predicted molar refractivity (Wildman–Crippen MR) is 87.7 cm³/mol. The molecule has 2 aromatic rings. The molecule has 0 bridgehead atoms. The van der Waals surface area contributed by atoms with Crippen molar-refractivity contribution in [1.82, 2.24) is 5.32 Å². The largest absolute Gasteiger partial charge is 0.373 e. The molecule has 0 saturated heterocycles. The van der Waals surface area contributed by atoms with Crippen molar-refractivity contribution in [2.24, 2.45) is 0 Å². The Hall–Kier alpha value is -1.94. The van der Waals surface area contributed by atoms with Gasteiger partial charge in [0.25, 0.3) is 0 Å². The first kappa shape index (κ1) is 14.0. The van der Waals surface area contributed by atoms with E-state index in [-0.39, 0.29) is 11.9 Å². The number of hydrogen-bond donors (Lipinski definition) is 2. The molecular weight excluding hydrogens is 280 g/mol. The number of carbonyl (C=O) groups excluding carboxylic acids is 1. The first-order valence-electron chi connectivity index (χ1n) is 7.13. The molecule has 2 N–H and O–H groups in total. The lowest BCUT2D eigenvalue weighted by Crippen LogP contribution is -2.39. The van der Waals surface area contributed by atoms with Gasteiger partial charge in [0, 0.05) is 29.3 Å². The molecular formula is C17H18N2OS. The van der Waals surface area contributed by atoms with Gasteiger partial charge in [0.05, 0.1) is 0 Å². The molecule has 3 rings (SSSR count). The number of hydrogen-bond acceptors (Lipinski definition) is 3. The van der Waals surface area contributed by atoms with E-state index in [1.165, 1.54) is 10.5 Å². The number of thioether (sulfide) groups is 1. The summed E-state index contributed by atoms with van der Waals surface area (Å²) in [5.74, 6) is 0.968. The van der Waals surface area contributed by atoms with Crippen LogP contribution >= 0.6 is 11.8 Å². The molecule has 1 aliphatic rings. The molecule has 0 aromatic heterocycles. The van der Waals surface area contributed by atoms with Gasteiger partial charge in [-0.3, -0.25) is 4.79 Å². The van der Waals surface area contributed by atoms with Crippen LogP contribution in [0.3, 0.4) is 0 Å². The highest BCUT2D eigenvalue weighted by Crippen LogP contribution is 2.25. The lowest BCUT2D eigenvalue weighted by atomic mass is 10.1. The minimum Gasteiger partial charge on any atom is -0.373 e. The maximum Gasteiger partial charge on any atom is 0.242 e. The zero-order valence-corrected chi connectivity index (χ0v) is 12.5. The average molecular weight is 298 g/mol. The van der Waals surface area contributed by atoms with E-state index in [2.05, 4.69) is 28.8 Å². The molecule has 2 aromatic carbocycles. The Morgan fingerprint density at radius 3 is 2.71 bits per heavy atom. The van der Waals surface area contributed by atoms with Crippen molar-refractivity contribution < 1.29 is 4.79 Å². The summed E-state index contributed by atoms with van der Waals surface area (Å²) in [5, 5.41) is 6.28. The topological polar surface area (TPSA) is 41.1 Å². The number of benzene rings is 2. The van der Waals surface area contributed by atoms with Crippen LogP contribution in [0.15, 0.2) is 59.5 Å². The number of fused-ring (bicyclic) bond motifs is 1. The first-order valence-corrected chi connectivity index (χ1v) is 8.11. The Balaban J connectivity index is 1.42. The standard InChI is InChI=1S/C17H18N2OS/c20-17(16-12-13-6-4-5-9-15(13)19-16)18-10-11-21-14-7-2-1-3-8-14/h1-9,16,19H,10-12H2,(H,18,20). The van der Waals surface area contributed by atoms with E-state index >= 15 is 0 Å². The lowest BCUT2D eigenvalue weighted by Gasteiger charge is -2.11. The van der Waals surface area contributed by atoms with Crippen molar-refractivity contribution in [3.63, 3.8) is 0 Å². The highest BCUT2D eigenvalue weighted by molar-refractivity contribution is 7.99. The molecule has 0 saturated carbocycles. The van der Waals surface area contributed by atoms with Crippen molar-refractivity contribution in [2.75, 3.05) is 17.6 Å². The van der Waals surface area contributed by atoms with Gasteiger partial charge >= 0.3 is 0 Å². The van der Waals surface area contributed by atoms with Crippen LogP contribution in [-0.4, -0.2) is 24.2 Å². The molecule has 21 heavy (non-hydrogen) atoms. The zero-order chi connectivity index (χ0) is 14.5. The van der Waals surface area contributed by atoms with Crippen LogP contribution in [0.2, 0.25) is 0 Å². The van der Waals surface area contributed by atoms with Crippen LogP contribution in [0.1, 0.15) is 5.56 Å². The van der Waals surface area contributed by atoms with E-state index in [4.69, 9.17) is 0 Å². The fourth-order valence-electron chi connectivity index (χ4n) is 2.44. The Morgan fingerprint density at radius 1 is 1.14 bits per heavy atom. The van der Waals surface area contributed by atoms with Crippen LogP contribution in [0, 0.1) is 0 Å². The monoisotopic (exact) mass is 298 g/mol. The Kier molecular flexibility index (Phi) is 4.46. The Bertz CT molecular complexity index is 590. The summed E-state index contributed by atoms with van der Waals surface area (Å²) < 4.78 is 0. The van der Waals surface area contributed by atoms with E-state index < -0.39 is 0 Å². The molecule has 1 unspecified atom stereocenters. The molecule has 3 nitrogen and oxygen atoms in total. The van der Waals surface area contributed by atoms with E-state index in [9.17, 15) is 4.79 Å². The van der Waals surface area contributed by atoms with E-state index in [1.54, 1.807) is 11.8 Å². The number of anilines is 1. The third-order valence-electron chi connectivity index (χ3n) is 3.50. The minimum atomic E-state index is -0.135. The predicted octanol–water partition coefficient (Wildman–Crippen LogP) is 2.93. The molecule has 1 atom stereocenters. The SMILES string of the molecule is O=C(NCCSc1ccccc1)C1Cc2ccccc2N1. The number of rotatable bonds is 5. The summed E-state index contributed by atoms with van der Waals surface area (Å²) >= 11 is 1.76. The number of carbonyl (C=O) groups is 1. The van der Waals surface area contributed by atoms with Gasteiger partial charge in [-0.25, -0.2) is 0 Å². The number of nitrogens with one attached hydrogen (secondary N) is 2. The summed E-state index contributed by atoms with van der Waals surface area (Å²) in [6.07, 6.45) is 0.772. The normalized spacial score (nSPS) is 16.1. The smallest absolute Gasteiger partial charge is 0.242 e. The second-order valence-corrected chi connectivity index (χ2v) is 6.18. The van der Waals surface area contributed by atoms with Crippen molar-refractivity contribution in [2.45, 2.75) is 17.4 Å². The molecule has 1 heterocycles. The van der Waals surface area contributed by atoms with Crippen molar-refractivity contribution in [1.29, 1.82) is 0 Å². The third-order valence-corrected chi connectivity index (χ3v) is 4.51. The van der Waals surface area contributed by atoms with E-state index in [0.29, 0.717) is 6.54 Å². The van der Waals surface area contributed by atoms with Gasteiger partial charge in [0.2, 0.25) is 5.91 Å². The fourth-order valence-corrected chi connectivity index (χ4v) is 3.23. The van der Waals surface area contributed by atoms with Gasteiger partial charge in [-0.1, -0.05) is 36.4 Å². The molecule has 0 radical (unpaired) electrons. The average Bonchev–Trinajstić information content (AvgIpc) is 2.96. The fraction of sp³-hybridized carbons (Fsp3) is 0.235. The summed E-state index contributed by atoms with van der Waals surface area (Å²) in [6, 6.07) is 18.2. The molecule has 4 heteroatoms. The van der Waals surface area contributed by atoms with E-state index in [1.807, 2.05) is 36.4 Å². The second-order valence-electron chi connectivity index (χ2n) is 5.01. The van der Waals surface area contributed by atoms with Gasteiger partial charge < -0.3 is 10.6 Å². The van der Waals surface area contributed by atoms with Crippen LogP contribution in [0.25, 0.3) is 0 Å². The van der Waals surface area contributed by atoms with Crippen molar-refractivity contribution >= 4 is 23.4 Å². The maximum absolute atomic E-state index is 12.1. The van der Waals surface area contributed by atoms with Crippen LogP contribution < -0.4 is 10.6 Å². The van der Waals surface area contributed by atoms with Crippen LogP contribution in [0.4, 0.5) is 5.69 Å². The summed E-state index contributed by atoms with van der Waals surface area (Å²) in [6.45, 7) is 0.687. The maximum atomic E-state index is 12.1. The van der Waals surface area contributed by atoms with Gasteiger partial charge in [0.15, 0.2) is 0 Å². The summed E-state index contributed by atoms with van der Waals surface area (Å²) in [4.78, 5) is 13.4. The summed E-state index contributed by atoms with van der Waals surface area (Å²) in [5.41, 5.74) is 2.30. The molecule has 0 spiro atoms. The van der Waals surface area contributed by atoms with Crippen molar-refractivity contribution in [3.05, 3.63) is 60.2 Å². The number of para-hydroxylation sites is 1. The van der Waals surface area contributed by atoms with Gasteiger partial charge in [-0.2, -0.15) is 0 Å². The highest BCUT2D eigenvalue weighted by atomic mass is 32.2. The highest BCUT2D eigenvalue weighted by Gasteiger charge is 2.25. The molecule has 0 fully saturated rings. The van der Waals surface area contributed by atoms with E-state index in [0.717, 1.165) is 17.9 Å². The van der Waals surface area contributed by atoms with Gasteiger partial charge in [0.1, 0.15) is 6.04 Å². The quantitative estimate of drug-likeness (QED) is 0.659.